The van der Waals surface area contributed by atoms with Crippen LogP contribution in [0.15, 0.2) is 54.6 Å². The predicted molar refractivity (Wildman–Crippen MR) is 150 cm³/mol. The fourth-order valence-corrected chi connectivity index (χ4v) is 7.92. The van der Waals surface area contributed by atoms with Gasteiger partial charge in [-0.2, -0.15) is 0 Å². The van der Waals surface area contributed by atoms with E-state index in [-0.39, 0.29) is 5.54 Å². The van der Waals surface area contributed by atoms with E-state index in [1.807, 2.05) is 0 Å². The molecule has 0 aliphatic heterocycles. The maximum atomic E-state index is 11.4. The summed E-state index contributed by atoms with van der Waals surface area (Å²) in [6.45, 7) is 0. The molecule has 1 saturated carbocycles. The van der Waals surface area contributed by atoms with Crippen LogP contribution in [0.1, 0.15) is 63.2 Å². The first-order valence-corrected chi connectivity index (χ1v) is 14.8. The summed E-state index contributed by atoms with van der Waals surface area (Å²) in [6, 6.07) is 14.6. The lowest BCUT2D eigenvalue weighted by Crippen LogP contribution is -2.59. The number of methoxy groups -OCH3 is 3. The van der Waals surface area contributed by atoms with Crippen molar-refractivity contribution >= 4 is 27.7 Å². The highest BCUT2D eigenvalue weighted by Crippen LogP contribution is 2.45. The number of benzene rings is 3. The van der Waals surface area contributed by atoms with E-state index >= 15 is 0 Å². The second-order valence-electron chi connectivity index (χ2n) is 9.33. The quantitative estimate of drug-likeness (QED) is 0.184. The number of aldehydes is 3. The van der Waals surface area contributed by atoms with Crippen molar-refractivity contribution in [3.05, 3.63) is 71.3 Å². The van der Waals surface area contributed by atoms with Gasteiger partial charge in [0.05, 0.1) is 26.9 Å². The maximum Gasteiger partial charge on any atom is 0.703 e. The van der Waals surface area contributed by atoms with Gasteiger partial charge in [0.25, 0.3) is 0 Å². The maximum absolute atomic E-state index is 11.4. The minimum atomic E-state index is -3.85. The van der Waals surface area contributed by atoms with Gasteiger partial charge in [-0.25, -0.2) is 0 Å². The summed E-state index contributed by atoms with van der Waals surface area (Å²) in [5, 5.41) is 0. The normalized spacial score (nSPS) is 13.6. The van der Waals surface area contributed by atoms with Crippen molar-refractivity contribution in [3.8, 4) is 34.5 Å². The second-order valence-corrected chi connectivity index (χ2v) is 12.0. The van der Waals surface area contributed by atoms with Gasteiger partial charge in [-0.15, -0.1) is 0 Å². The lowest BCUT2D eigenvalue weighted by molar-refractivity contribution is 0.111. The fourth-order valence-electron chi connectivity index (χ4n) is 4.75. The highest BCUT2D eigenvalue weighted by atomic mass is 28.4. The number of ether oxygens (including phenoxy) is 3. The molecule has 9 nitrogen and oxygen atoms in total. The van der Waals surface area contributed by atoms with Crippen molar-refractivity contribution in [1.29, 1.82) is 0 Å². The molecule has 0 radical (unpaired) electrons. The molecule has 0 heterocycles. The van der Waals surface area contributed by atoms with Gasteiger partial charge in [0.15, 0.2) is 34.5 Å². The number of hydrogen-bond donors (Lipinski definition) is 0. The fraction of sp³-hybridized carbons (Fsp3) is 0.300. The van der Waals surface area contributed by atoms with Gasteiger partial charge in [-0.05, 0) is 67.4 Å². The van der Waals surface area contributed by atoms with Gasteiger partial charge in [0.2, 0.25) is 0 Å². The van der Waals surface area contributed by atoms with E-state index in [0.717, 1.165) is 51.0 Å². The molecule has 0 N–H and O–H groups in total. The molecule has 10 heteroatoms. The summed E-state index contributed by atoms with van der Waals surface area (Å²) in [5.41, 5.74) is 1.14. The van der Waals surface area contributed by atoms with Gasteiger partial charge in [0.1, 0.15) is 18.9 Å². The van der Waals surface area contributed by atoms with Crippen LogP contribution in [0, 0.1) is 0 Å². The van der Waals surface area contributed by atoms with Gasteiger partial charge in [-0.3, -0.25) is 14.4 Å². The van der Waals surface area contributed by atoms with Crippen molar-refractivity contribution in [2.24, 2.45) is 0 Å². The van der Waals surface area contributed by atoms with Crippen LogP contribution in [-0.4, -0.2) is 49.0 Å². The third-order valence-electron chi connectivity index (χ3n) is 6.83. The Morgan fingerprint density at radius 2 is 0.900 bits per heavy atom. The van der Waals surface area contributed by atoms with E-state index in [9.17, 15) is 14.4 Å². The molecule has 0 amide bonds. The molecular weight excluding hydrogens is 532 g/mol. The van der Waals surface area contributed by atoms with E-state index < -0.39 is 8.80 Å². The largest absolute Gasteiger partial charge is 0.703 e. The third kappa shape index (κ3) is 6.28. The molecule has 0 unspecified atom stereocenters. The summed E-state index contributed by atoms with van der Waals surface area (Å²) >= 11 is 0. The molecule has 1 fully saturated rings. The summed E-state index contributed by atoms with van der Waals surface area (Å²) in [6.07, 6.45) is 6.73. The zero-order chi connectivity index (χ0) is 28.5. The van der Waals surface area contributed by atoms with Crippen molar-refractivity contribution in [2.75, 3.05) is 21.3 Å². The summed E-state index contributed by atoms with van der Waals surface area (Å²) in [5.74, 6) is 2.06. The van der Waals surface area contributed by atoms with Crippen molar-refractivity contribution in [1.82, 2.24) is 0 Å². The topological polar surface area (TPSA) is 107 Å². The number of hydrogen-bond acceptors (Lipinski definition) is 9. The zero-order valence-corrected chi connectivity index (χ0v) is 23.7. The average molecular weight is 565 g/mol. The molecule has 0 saturated heterocycles. The second kappa shape index (κ2) is 13.2. The Bertz CT molecular complexity index is 1200. The minimum Gasteiger partial charge on any atom is -0.493 e. The standard InChI is InChI=1S/C30H32O9Si/c1-34-28-15-21(18-31)9-12-25(28)37-40(24-7-5-4-6-8-24,38-26-13-10-22(19-32)16-29(26)35-2)39-27-14-11-23(20-33)17-30(27)36-3/h9-20,24H,4-8H2,1-3H3. The average Bonchev–Trinajstić information content (AvgIpc) is 3.01. The molecule has 3 aromatic carbocycles. The van der Waals surface area contributed by atoms with Gasteiger partial charge in [0, 0.05) is 16.7 Å². The van der Waals surface area contributed by atoms with E-state index in [4.69, 9.17) is 27.5 Å². The minimum absolute atomic E-state index is 0.136. The molecule has 40 heavy (non-hydrogen) atoms. The van der Waals surface area contributed by atoms with Crippen molar-refractivity contribution < 1.29 is 41.9 Å². The molecule has 4 rings (SSSR count). The first-order chi connectivity index (χ1) is 19.5. The van der Waals surface area contributed by atoms with E-state index in [2.05, 4.69) is 0 Å². The lowest BCUT2D eigenvalue weighted by atomic mass is 10.0. The Balaban J connectivity index is 1.91. The summed E-state index contributed by atoms with van der Waals surface area (Å²) in [7, 11) is 0.624. The zero-order valence-electron chi connectivity index (χ0n) is 22.7. The van der Waals surface area contributed by atoms with Crippen LogP contribution < -0.4 is 27.5 Å². The molecule has 0 atom stereocenters. The molecule has 3 aromatic rings. The van der Waals surface area contributed by atoms with Crippen LogP contribution in [0.4, 0.5) is 0 Å². The lowest BCUT2D eigenvalue weighted by Gasteiger charge is -2.38. The molecule has 210 valence electrons. The SMILES string of the molecule is COc1cc(C=O)ccc1O[Si](Oc1ccc(C=O)cc1OC)(Oc1ccc(C=O)cc1OC)C1CCCCC1. The van der Waals surface area contributed by atoms with Gasteiger partial charge in [-0.1, -0.05) is 19.3 Å². The Hall–Kier alpha value is -4.31. The first-order valence-electron chi connectivity index (χ1n) is 13.0. The van der Waals surface area contributed by atoms with E-state index in [1.165, 1.54) is 21.3 Å². The molecule has 0 bridgehead atoms. The molecule has 0 aromatic heterocycles. The van der Waals surface area contributed by atoms with Crippen LogP contribution in [0.25, 0.3) is 0 Å². The van der Waals surface area contributed by atoms with Crippen molar-refractivity contribution in [2.45, 2.75) is 37.6 Å². The smallest absolute Gasteiger partial charge is 0.493 e. The molecule has 1 aliphatic rings. The van der Waals surface area contributed by atoms with Crippen molar-refractivity contribution in [3.63, 3.8) is 0 Å². The third-order valence-corrected chi connectivity index (χ3v) is 9.92. The number of carbonyl (C=O) groups is 3. The van der Waals surface area contributed by atoms with Crippen LogP contribution in [0.3, 0.4) is 0 Å². The van der Waals surface area contributed by atoms with Gasteiger partial charge < -0.3 is 27.5 Å². The van der Waals surface area contributed by atoms with Gasteiger partial charge >= 0.3 is 8.80 Å². The summed E-state index contributed by atoms with van der Waals surface area (Å²) in [4.78, 5) is 34.3. The first kappa shape index (κ1) is 28.7. The van der Waals surface area contributed by atoms with E-state index in [0.29, 0.717) is 51.2 Å². The highest BCUT2D eigenvalue weighted by molar-refractivity contribution is 6.65. The molecule has 0 spiro atoms. The number of carbonyl (C=O) groups excluding carboxylic acids is 3. The van der Waals surface area contributed by atoms with Crippen LogP contribution >= 0.6 is 0 Å². The monoisotopic (exact) mass is 564 g/mol. The molecule has 1 aliphatic carbocycles. The van der Waals surface area contributed by atoms with Crippen LogP contribution in [0.2, 0.25) is 5.54 Å². The summed E-state index contributed by atoms with van der Waals surface area (Å²) < 4.78 is 37.1. The Morgan fingerprint density at radius 1 is 0.550 bits per heavy atom. The Morgan fingerprint density at radius 3 is 1.20 bits per heavy atom. The number of rotatable bonds is 13. The molecular formula is C30H32O9Si. The Labute approximate surface area is 234 Å². The Kier molecular flexibility index (Phi) is 9.44. The van der Waals surface area contributed by atoms with Crippen LogP contribution in [0.5, 0.6) is 34.5 Å². The van der Waals surface area contributed by atoms with Crippen LogP contribution in [-0.2, 0) is 0 Å². The predicted octanol–water partition coefficient (Wildman–Crippen LogP) is 5.96. The van der Waals surface area contributed by atoms with E-state index in [1.54, 1.807) is 54.6 Å². The highest BCUT2D eigenvalue weighted by Gasteiger charge is 2.58.